The SMILES string of the molecule is Cc1c(C#N)c(=O)oc2cc(OC3C[C@H]4CC[C@@H](C3)N4C(=O)OC(C)(C)C)ccc12. The van der Waals surface area contributed by atoms with Gasteiger partial charge in [0.1, 0.15) is 34.7 Å². The molecule has 2 fully saturated rings. The van der Waals surface area contributed by atoms with Crippen LogP contribution in [0, 0.1) is 18.3 Å². The lowest BCUT2D eigenvalue weighted by Crippen LogP contribution is -2.50. The number of amides is 1. The number of aryl methyl sites for hydroxylation is 1. The van der Waals surface area contributed by atoms with Gasteiger partial charge >= 0.3 is 11.7 Å². The molecule has 30 heavy (non-hydrogen) atoms. The van der Waals surface area contributed by atoms with Crippen LogP contribution in [0.3, 0.4) is 0 Å². The van der Waals surface area contributed by atoms with E-state index in [1.807, 2.05) is 43.9 Å². The van der Waals surface area contributed by atoms with Gasteiger partial charge in [-0.1, -0.05) is 0 Å². The van der Waals surface area contributed by atoms with Crippen LogP contribution in [0.2, 0.25) is 0 Å². The van der Waals surface area contributed by atoms with Gasteiger partial charge in [-0.05, 0) is 58.2 Å². The molecule has 1 amide bonds. The quantitative estimate of drug-likeness (QED) is 0.686. The number of carbonyl (C=O) groups is 1. The number of piperidine rings is 1. The van der Waals surface area contributed by atoms with Gasteiger partial charge in [0.2, 0.25) is 0 Å². The Hall–Kier alpha value is -3.01. The molecule has 7 nitrogen and oxygen atoms in total. The minimum atomic E-state index is -0.636. The molecule has 2 aromatic rings. The molecule has 1 aromatic heterocycles. The van der Waals surface area contributed by atoms with Crippen molar-refractivity contribution in [2.24, 2.45) is 0 Å². The summed E-state index contributed by atoms with van der Waals surface area (Å²) >= 11 is 0. The number of ether oxygens (including phenoxy) is 2. The van der Waals surface area contributed by atoms with E-state index in [4.69, 9.17) is 19.2 Å². The fourth-order valence-electron chi connectivity index (χ4n) is 4.57. The van der Waals surface area contributed by atoms with Gasteiger partial charge in [-0.25, -0.2) is 9.59 Å². The van der Waals surface area contributed by atoms with Crippen LogP contribution >= 0.6 is 0 Å². The van der Waals surface area contributed by atoms with Gasteiger partial charge in [-0.2, -0.15) is 5.26 Å². The van der Waals surface area contributed by atoms with Crippen LogP contribution < -0.4 is 10.4 Å². The van der Waals surface area contributed by atoms with Crippen LogP contribution in [0.15, 0.2) is 27.4 Å². The Morgan fingerprint density at radius 1 is 1.23 bits per heavy atom. The summed E-state index contributed by atoms with van der Waals surface area (Å²) in [6.07, 6.45) is 3.11. The summed E-state index contributed by atoms with van der Waals surface area (Å²) in [5.74, 6) is 0.616. The summed E-state index contributed by atoms with van der Waals surface area (Å²) < 4.78 is 17.1. The van der Waals surface area contributed by atoms with Gasteiger partial charge < -0.3 is 18.8 Å². The van der Waals surface area contributed by atoms with Crippen molar-refractivity contribution in [2.75, 3.05) is 0 Å². The number of fused-ring (bicyclic) bond motifs is 3. The van der Waals surface area contributed by atoms with E-state index in [-0.39, 0.29) is 29.8 Å². The zero-order chi connectivity index (χ0) is 21.6. The lowest BCUT2D eigenvalue weighted by molar-refractivity contribution is -0.00706. The van der Waals surface area contributed by atoms with Gasteiger partial charge in [0.25, 0.3) is 0 Å². The van der Waals surface area contributed by atoms with Crippen molar-refractivity contribution in [1.29, 1.82) is 5.26 Å². The number of hydrogen-bond donors (Lipinski definition) is 0. The number of rotatable bonds is 2. The average Bonchev–Trinajstić information content (AvgIpc) is 2.92. The van der Waals surface area contributed by atoms with E-state index in [1.54, 1.807) is 13.0 Å². The van der Waals surface area contributed by atoms with Gasteiger partial charge in [-0.15, -0.1) is 0 Å². The smallest absolute Gasteiger partial charge is 0.410 e. The molecule has 1 aromatic carbocycles. The highest BCUT2D eigenvalue weighted by atomic mass is 16.6. The second-order valence-corrected chi connectivity index (χ2v) is 9.14. The fraction of sp³-hybridized carbons (Fsp3) is 0.522. The molecule has 0 N–H and O–H groups in total. The molecule has 1 unspecified atom stereocenters. The van der Waals surface area contributed by atoms with Crippen LogP contribution in [0.1, 0.15) is 57.6 Å². The molecule has 3 atom stereocenters. The Morgan fingerprint density at radius 3 is 2.50 bits per heavy atom. The number of carbonyl (C=O) groups excluding carboxylic acids is 1. The molecule has 158 valence electrons. The minimum Gasteiger partial charge on any atom is -0.490 e. The van der Waals surface area contributed by atoms with Crippen molar-refractivity contribution in [3.05, 3.63) is 39.7 Å². The molecule has 0 saturated carbocycles. The Bertz CT molecular complexity index is 1080. The second kappa shape index (κ2) is 7.35. The van der Waals surface area contributed by atoms with Crippen molar-refractivity contribution in [3.63, 3.8) is 0 Å². The third-order valence-electron chi connectivity index (χ3n) is 5.85. The summed E-state index contributed by atoms with van der Waals surface area (Å²) in [4.78, 5) is 26.5. The molecule has 2 aliphatic heterocycles. The Kier molecular flexibility index (Phi) is 4.97. The summed E-state index contributed by atoms with van der Waals surface area (Å²) in [7, 11) is 0. The largest absolute Gasteiger partial charge is 0.490 e. The predicted molar refractivity (Wildman–Crippen MR) is 110 cm³/mol. The topological polar surface area (TPSA) is 92.8 Å². The molecule has 2 bridgehead atoms. The molecular weight excluding hydrogens is 384 g/mol. The molecular formula is C23H26N2O5. The van der Waals surface area contributed by atoms with E-state index in [0.717, 1.165) is 31.1 Å². The molecule has 7 heteroatoms. The Morgan fingerprint density at radius 2 is 1.90 bits per heavy atom. The minimum absolute atomic E-state index is 0.0233. The van der Waals surface area contributed by atoms with E-state index in [9.17, 15) is 9.59 Å². The Labute approximate surface area is 175 Å². The van der Waals surface area contributed by atoms with Gasteiger partial charge in [0.15, 0.2) is 0 Å². The Balaban J connectivity index is 1.50. The zero-order valence-corrected chi connectivity index (χ0v) is 17.7. The highest BCUT2D eigenvalue weighted by molar-refractivity contribution is 5.83. The van der Waals surface area contributed by atoms with Crippen molar-refractivity contribution in [1.82, 2.24) is 4.90 Å². The maximum absolute atomic E-state index is 12.6. The maximum Gasteiger partial charge on any atom is 0.410 e. The normalized spacial score (nSPS) is 23.3. The summed E-state index contributed by atoms with van der Waals surface area (Å²) in [5.41, 5.74) is -0.101. The van der Waals surface area contributed by atoms with E-state index in [2.05, 4.69) is 0 Å². The third kappa shape index (κ3) is 3.74. The molecule has 3 heterocycles. The first kappa shape index (κ1) is 20.3. The number of nitriles is 1. The number of nitrogens with zero attached hydrogens (tertiary/aromatic N) is 2. The van der Waals surface area contributed by atoms with E-state index in [0.29, 0.717) is 16.9 Å². The first-order valence-corrected chi connectivity index (χ1v) is 10.3. The van der Waals surface area contributed by atoms with Crippen molar-refractivity contribution < 1.29 is 18.7 Å². The number of hydrogen-bond acceptors (Lipinski definition) is 6. The standard InChI is InChI=1S/C23H26N2O5/c1-13-18-8-7-16(11-20(18)29-21(26)19(13)12-24)28-17-9-14-5-6-15(10-17)25(14)22(27)30-23(2,3)4/h7-8,11,14-15,17H,5-6,9-10H2,1-4H3/t14-,15+,17?. The van der Waals surface area contributed by atoms with E-state index >= 15 is 0 Å². The van der Waals surface area contributed by atoms with Crippen LogP contribution in [0.5, 0.6) is 5.75 Å². The molecule has 0 radical (unpaired) electrons. The summed E-state index contributed by atoms with van der Waals surface area (Å²) in [5, 5.41) is 9.86. The first-order chi connectivity index (χ1) is 14.2. The lowest BCUT2D eigenvalue weighted by atomic mass is 10.00. The predicted octanol–water partition coefficient (Wildman–Crippen LogP) is 4.28. The van der Waals surface area contributed by atoms with Crippen molar-refractivity contribution in [2.45, 2.75) is 77.2 Å². The van der Waals surface area contributed by atoms with E-state index in [1.165, 1.54) is 0 Å². The molecule has 0 spiro atoms. The van der Waals surface area contributed by atoms with Gasteiger partial charge in [0.05, 0.1) is 0 Å². The van der Waals surface area contributed by atoms with Crippen molar-refractivity contribution in [3.8, 4) is 11.8 Å². The summed E-state index contributed by atoms with van der Waals surface area (Å²) in [6.45, 7) is 7.37. The number of benzene rings is 1. The van der Waals surface area contributed by atoms with Crippen LogP contribution in [0.25, 0.3) is 11.0 Å². The molecule has 2 saturated heterocycles. The molecule has 2 aliphatic rings. The maximum atomic E-state index is 12.6. The zero-order valence-electron chi connectivity index (χ0n) is 17.7. The summed E-state index contributed by atoms with van der Waals surface area (Å²) in [6, 6.07) is 7.47. The van der Waals surface area contributed by atoms with E-state index < -0.39 is 11.2 Å². The highest BCUT2D eigenvalue weighted by Crippen LogP contribution is 2.38. The van der Waals surface area contributed by atoms with Crippen LogP contribution in [-0.4, -0.2) is 34.8 Å². The molecule has 0 aliphatic carbocycles. The monoisotopic (exact) mass is 410 g/mol. The first-order valence-electron chi connectivity index (χ1n) is 10.3. The third-order valence-corrected chi connectivity index (χ3v) is 5.85. The van der Waals surface area contributed by atoms with Gasteiger partial charge in [-0.3, -0.25) is 0 Å². The van der Waals surface area contributed by atoms with Crippen molar-refractivity contribution >= 4 is 17.1 Å². The fourth-order valence-corrected chi connectivity index (χ4v) is 4.57. The second-order valence-electron chi connectivity index (χ2n) is 9.14. The molecule has 4 rings (SSSR count). The highest BCUT2D eigenvalue weighted by Gasteiger charge is 2.45. The van der Waals surface area contributed by atoms with Crippen LogP contribution in [0.4, 0.5) is 4.79 Å². The lowest BCUT2D eigenvalue weighted by Gasteiger charge is -2.39. The van der Waals surface area contributed by atoms with Crippen LogP contribution in [-0.2, 0) is 4.74 Å². The van der Waals surface area contributed by atoms with Gasteiger partial charge in [0, 0.05) is 36.4 Å². The average molecular weight is 410 g/mol.